The van der Waals surface area contributed by atoms with Crippen molar-refractivity contribution in [3.8, 4) is 0 Å². The second-order valence-electron chi connectivity index (χ2n) is 8.82. The topological polar surface area (TPSA) is 99.2 Å². The first-order chi connectivity index (χ1) is 16.2. The number of aryl methyl sites for hydroxylation is 2. The fourth-order valence-corrected chi connectivity index (χ4v) is 7.11. The van der Waals surface area contributed by atoms with Crippen molar-refractivity contribution in [1.29, 1.82) is 0 Å². The van der Waals surface area contributed by atoms with Crippen LogP contribution in [0.5, 0.6) is 0 Å². The molecule has 0 aliphatic carbocycles. The summed E-state index contributed by atoms with van der Waals surface area (Å²) >= 11 is 0. The Labute approximate surface area is 199 Å². The van der Waals surface area contributed by atoms with E-state index in [2.05, 4.69) is 0 Å². The molecule has 2 aromatic carbocycles. The van der Waals surface area contributed by atoms with Crippen LogP contribution in [0, 0.1) is 19.8 Å². The van der Waals surface area contributed by atoms with Crippen molar-refractivity contribution >= 4 is 22.0 Å². The van der Waals surface area contributed by atoms with Crippen LogP contribution in [0.1, 0.15) is 35.6 Å². The fourth-order valence-electron chi connectivity index (χ4n) is 5.19. The van der Waals surface area contributed by atoms with E-state index in [4.69, 9.17) is 14.2 Å². The van der Waals surface area contributed by atoms with Crippen molar-refractivity contribution in [3.63, 3.8) is 0 Å². The molecule has 2 aliphatic heterocycles. The third kappa shape index (κ3) is 3.62. The highest BCUT2D eigenvalue weighted by molar-refractivity contribution is 7.89. The van der Waals surface area contributed by atoms with E-state index in [-0.39, 0.29) is 11.5 Å². The van der Waals surface area contributed by atoms with E-state index in [1.54, 1.807) is 12.1 Å². The molecule has 0 radical (unpaired) electrons. The molecule has 0 amide bonds. The van der Waals surface area contributed by atoms with Crippen LogP contribution < -0.4 is 0 Å². The van der Waals surface area contributed by atoms with Gasteiger partial charge in [-0.1, -0.05) is 47.5 Å². The van der Waals surface area contributed by atoms with Crippen molar-refractivity contribution in [1.82, 2.24) is 4.31 Å². The number of ether oxygens (including phenoxy) is 3. The summed E-state index contributed by atoms with van der Waals surface area (Å²) in [7, 11) is -2.14. The number of carbonyl (C=O) groups is 2. The lowest BCUT2D eigenvalue weighted by atomic mass is 9.81. The normalized spacial score (nSPS) is 24.3. The zero-order valence-corrected chi connectivity index (χ0v) is 20.5. The highest BCUT2D eigenvalue weighted by atomic mass is 32.2. The van der Waals surface area contributed by atoms with Gasteiger partial charge in [0.2, 0.25) is 10.0 Å². The SMILES string of the molecule is COC(=O)C1(C(=O)OC)[C@H]2OCCC[C@@H]2[C@H](c2ccc(C)cc2)N1S(=O)(=O)c1ccc(C)cc1. The lowest BCUT2D eigenvalue weighted by Gasteiger charge is -2.37. The van der Waals surface area contributed by atoms with E-state index in [1.165, 1.54) is 12.1 Å². The lowest BCUT2D eigenvalue weighted by Crippen LogP contribution is -2.65. The number of hydrogen-bond acceptors (Lipinski definition) is 7. The summed E-state index contributed by atoms with van der Waals surface area (Å²) < 4.78 is 45.6. The minimum absolute atomic E-state index is 0.0361. The van der Waals surface area contributed by atoms with Gasteiger partial charge in [0, 0.05) is 12.5 Å². The van der Waals surface area contributed by atoms with Crippen molar-refractivity contribution in [2.75, 3.05) is 20.8 Å². The number of sulfonamides is 1. The summed E-state index contributed by atoms with van der Waals surface area (Å²) in [6, 6.07) is 12.9. The summed E-state index contributed by atoms with van der Waals surface area (Å²) in [6.45, 7) is 4.06. The van der Waals surface area contributed by atoms with Crippen molar-refractivity contribution < 1.29 is 32.2 Å². The molecule has 2 saturated heterocycles. The van der Waals surface area contributed by atoms with Gasteiger partial charge in [-0.15, -0.1) is 0 Å². The highest BCUT2D eigenvalue weighted by Gasteiger charge is 2.73. The first-order valence-electron chi connectivity index (χ1n) is 11.2. The number of rotatable bonds is 5. The Morgan fingerprint density at radius 3 is 2.00 bits per heavy atom. The Morgan fingerprint density at radius 1 is 0.941 bits per heavy atom. The average Bonchev–Trinajstić information content (AvgIpc) is 3.16. The molecule has 0 spiro atoms. The monoisotopic (exact) mass is 487 g/mol. The van der Waals surface area contributed by atoms with E-state index in [9.17, 15) is 18.0 Å². The van der Waals surface area contributed by atoms with Crippen LogP contribution in [-0.4, -0.2) is 57.1 Å². The predicted molar refractivity (Wildman–Crippen MR) is 123 cm³/mol. The van der Waals surface area contributed by atoms with Gasteiger partial charge in [0.1, 0.15) is 6.10 Å². The first-order valence-corrected chi connectivity index (χ1v) is 12.6. The molecule has 8 nitrogen and oxygen atoms in total. The van der Waals surface area contributed by atoms with E-state index in [1.807, 2.05) is 38.1 Å². The van der Waals surface area contributed by atoms with E-state index >= 15 is 0 Å². The number of fused-ring (bicyclic) bond motifs is 1. The molecule has 3 atom stereocenters. The Bertz CT molecular complexity index is 1160. The third-order valence-corrected chi connectivity index (χ3v) is 8.68. The maximum absolute atomic E-state index is 14.3. The van der Waals surface area contributed by atoms with Gasteiger partial charge in [-0.3, -0.25) is 0 Å². The van der Waals surface area contributed by atoms with E-state index in [0.29, 0.717) is 18.4 Å². The predicted octanol–water partition coefficient (Wildman–Crippen LogP) is 2.93. The second-order valence-corrected chi connectivity index (χ2v) is 10.6. The zero-order chi connectivity index (χ0) is 24.7. The standard InChI is InChI=1S/C25H29NO7S/c1-16-7-11-18(12-8-16)21-20-6-5-15-33-22(20)25(23(27)31-3,24(28)32-4)26(21)34(29,30)19-13-9-17(2)10-14-19/h7-14,20-22H,5-6,15H2,1-4H3/t20-,21+,22+/m1/s1. The maximum Gasteiger partial charge on any atom is 0.341 e. The summed E-state index contributed by atoms with van der Waals surface area (Å²) in [6.07, 6.45) is 0.173. The molecule has 0 aromatic heterocycles. The van der Waals surface area contributed by atoms with Crippen LogP contribution in [0.25, 0.3) is 0 Å². The molecule has 2 aromatic rings. The number of hydrogen-bond donors (Lipinski definition) is 0. The molecule has 4 rings (SSSR count). The molecule has 0 unspecified atom stereocenters. The first kappa shape index (κ1) is 24.4. The molecular formula is C25H29NO7S. The maximum atomic E-state index is 14.3. The van der Waals surface area contributed by atoms with Crippen LogP contribution in [-0.2, 0) is 33.8 Å². The van der Waals surface area contributed by atoms with Crippen molar-refractivity contribution in [2.24, 2.45) is 5.92 Å². The summed E-state index contributed by atoms with van der Waals surface area (Å²) in [5, 5.41) is 0. The quantitative estimate of drug-likeness (QED) is 0.472. The van der Waals surface area contributed by atoms with Crippen LogP contribution in [0.15, 0.2) is 53.4 Å². The summed E-state index contributed by atoms with van der Waals surface area (Å²) in [5.74, 6) is -2.52. The smallest absolute Gasteiger partial charge is 0.341 e. The number of benzene rings is 2. The van der Waals surface area contributed by atoms with Gasteiger partial charge >= 0.3 is 11.9 Å². The Kier molecular flexibility index (Phi) is 6.54. The number of nitrogens with zero attached hydrogens (tertiary/aromatic N) is 1. The minimum Gasteiger partial charge on any atom is -0.467 e. The summed E-state index contributed by atoms with van der Waals surface area (Å²) in [4.78, 5) is 26.9. The van der Waals surface area contributed by atoms with E-state index < -0.39 is 45.6 Å². The van der Waals surface area contributed by atoms with Gasteiger partial charge in [0.25, 0.3) is 5.54 Å². The van der Waals surface area contributed by atoms with Gasteiger partial charge in [-0.2, -0.15) is 4.31 Å². The van der Waals surface area contributed by atoms with Crippen LogP contribution in [0.4, 0.5) is 0 Å². The lowest BCUT2D eigenvalue weighted by molar-refractivity contribution is -0.177. The number of methoxy groups -OCH3 is 2. The molecule has 0 N–H and O–H groups in total. The molecule has 182 valence electrons. The third-order valence-electron chi connectivity index (χ3n) is 6.78. The van der Waals surface area contributed by atoms with Crippen LogP contribution >= 0.6 is 0 Å². The molecule has 9 heteroatoms. The average molecular weight is 488 g/mol. The Hall–Kier alpha value is -2.75. The number of carbonyl (C=O) groups excluding carboxylic acids is 2. The highest BCUT2D eigenvalue weighted by Crippen LogP contribution is 2.55. The summed E-state index contributed by atoms with van der Waals surface area (Å²) in [5.41, 5.74) is 0.211. The van der Waals surface area contributed by atoms with Crippen molar-refractivity contribution in [2.45, 2.75) is 49.3 Å². The molecule has 2 aliphatic rings. The zero-order valence-electron chi connectivity index (χ0n) is 19.7. The fraction of sp³-hybridized carbons (Fsp3) is 0.440. The minimum atomic E-state index is -4.39. The molecule has 2 fully saturated rings. The Balaban J connectivity index is 2.05. The van der Waals surface area contributed by atoms with Gasteiger partial charge < -0.3 is 14.2 Å². The van der Waals surface area contributed by atoms with Gasteiger partial charge in [0.05, 0.1) is 25.2 Å². The van der Waals surface area contributed by atoms with Crippen LogP contribution in [0.2, 0.25) is 0 Å². The van der Waals surface area contributed by atoms with Crippen LogP contribution in [0.3, 0.4) is 0 Å². The molecule has 0 bridgehead atoms. The Morgan fingerprint density at radius 2 is 1.47 bits per heavy atom. The molecule has 0 saturated carbocycles. The largest absolute Gasteiger partial charge is 0.467 e. The van der Waals surface area contributed by atoms with Crippen molar-refractivity contribution in [3.05, 3.63) is 65.2 Å². The second kappa shape index (κ2) is 9.13. The molecule has 34 heavy (non-hydrogen) atoms. The van der Waals surface area contributed by atoms with E-state index in [0.717, 1.165) is 29.7 Å². The van der Waals surface area contributed by atoms with Gasteiger partial charge in [0.15, 0.2) is 0 Å². The van der Waals surface area contributed by atoms with Gasteiger partial charge in [-0.05, 0) is 44.4 Å². The molecular weight excluding hydrogens is 458 g/mol. The van der Waals surface area contributed by atoms with Gasteiger partial charge in [-0.25, -0.2) is 18.0 Å². The molecule has 2 heterocycles. The number of esters is 2.